The van der Waals surface area contributed by atoms with Crippen molar-refractivity contribution in [2.45, 2.75) is 19.5 Å². The predicted molar refractivity (Wildman–Crippen MR) is 55.2 cm³/mol. The van der Waals surface area contributed by atoms with Gasteiger partial charge in [0.2, 0.25) is 0 Å². The van der Waals surface area contributed by atoms with Crippen LogP contribution in [-0.4, -0.2) is 6.61 Å². The number of hydrogen-bond donors (Lipinski definition) is 0. The lowest BCUT2D eigenvalue weighted by molar-refractivity contribution is -0.137. The van der Waals surface area contributed by atoms with Gasteiger partial charge in [0.1, 0.15) is 12.4 Å². The average molecular weight is 228 g/mol. The van der Waals surface area contributed by atoms with Crippen molar-refractivity contribution in [2.24, 2.45) is 0 Å². The van der Waals surface area contributed by atoms with Crippen LogP contribution in [0.1, 0.15) is 24.5 Å². The van der Waals surface area contributed by atoms with Gasteiger partial charge in [0, 0.05) is 5.56 Å². The number of allylic oxidation sites excluding steroid dienone is 1. The Hall–Kier alpha value is -1.45. The highest BCUT2D eigenvalue weighted by molar-refractivity contribution is 5.72. The van der Waals surface area contributed by atoms with E-state index in [2.05, 4.69) is 0 Å². The molecule has 0 radical (unpaired) electrons. The monoisotopic (exact) mass is 228 g/mol. The lowest BCUT2D eigenvalue weighted by Crippen LogP contribution is -2.09. The van der Waals surface area contributed by atoms with Gasteiger partial charge in [0.15, 0.2) is 0 Å². The Morgan fingerprint density at radius 1 is 1.31 bits per heavy atom. The average Bonchev–Trinajstić information content (AvgIpc) is 2.26. The summed E-state index contributed by atoms with van der Waals surface area (Å²) in [6.07, 6.45) is -1.77. The summed E-state index contributed by atoms with van der Waals surface area (Å²) in [5.74, 6) is 0.535. The molecule has 16 heavy (non-hydrogen) atoms. The molecule has 1 nitrogen and oxygen atoms in total. The van der Waals surface area contributed by atoms with Crippen molar-refractivity contribution in [3.8, 4) is 5.75 Å². The van der Waals surface area contributed by atoms with Gasteiger partial charge in [0.05, 0.1) is 5.56 Å². The van der Waals surface area contributed by atoms with Crippen molar-refractivity contribution in [1.82, 2.24) is 0 Å². The Labute approximate surface area is 91.5 Å². The largest absolute Gasteiger partial charge is 0.489 e. The Kier molecular flexibility index (Phi) is 2.66. The van der Waals surface area contributed by atoms with Gasteiger partial charge in [-0.05, 0) is 36.3 Å². The van der Waals surface area contributed by atoms with Crippen LogP contribution in [-0.2, 0) is 6.18 Å². The van der Waals surface area contributed by atoms with Crippen LogP contribution in [0.4, 0.5) is 13.2 Å². The zero-order chi connectivity index (χ0) is 11.8. The molecule has 0 atom stereocenters. The molecular weight excluding hydrogens is 217 g/mol. The SMILES string of the molecule is CCC1=CCOc2ccc(C(F)(F)F)cc21. The van der Waals surface area contributed by atoms with E-state index in [1.54, 1.807) is 0 Å². The van der Waals surface area contributed by atoms with E-state index in [1.807, 2.05) is 13.0 Å². The van der Waals surface area contributed by atoms with Crippen molar-refractivity contribution in [3.63, 3.8) is 0 Å². The summed E-state index contributed by atoms with van der Waals surface area (Å²) >= 11 is 0. The molecule has 2 rings (SSSR count). The third-order valence-corrected chi connectivity index (χ3v) is 2.60. The number of hydrogen-bond acceptors (Lipinski definition) is 1. The minimum absolute atomic E-state index is 0.432. The molecule has 0 unspecified atom stereocenters. The third-order valence-electron chi connectivity index (χ3n) is 2.60. The molecule has 0 spiro atoms. The lowest BCUT2D eigenvalue weighted by Gasteiger charge is -2.19. The van der Waals surface area contributed by atoms with E-state index < -0.39 is 11.7 Å². The minimum atomic E-state index is -4.30. The van der Waals surface area contributed by atoms with Crippen molar-refractivity contribution >= 4 is 5.57 Å². The molecule has 1 aromatic carbocycles. The highest BCUT2D eigenvalue weighted by atomic mass is 19.4. The normalized spacial score (nSPS) is 15.1. The Balaban J connectivity index is 2.49. The van der Waals surface area contributed by atoms with Crippen LogP contribution in [0.25, 0.3) is 5.57 Å². The van der Waals surface area contributed by atoms with Crippen LogP contribution >= 0.6 is 0 Å². The van der Waals surface area contributed by atoms with E-state index in [9.17, 15) is 13.2 Å². The molecule has 1 aliphatic rings. The number of benzene rings is 1. The third kappa shape index (κ3) is 1.92. The van der Waals surface area contributed by atoms with E-state index in [4.69, 9.17) is 4.74 Å². The first-order chi connectivity index (χ1) is 7.52. The predicted octanol–water partition coefficient (Wildman–Crippen LogP) is 3.89. The molecule has 1 heterocycles. The van der Waals surface area contributed by atoms with Crippen LogP contribution in [0.3, 0.4) is 0 Å². The van der Waals surface area contributed by atoms with Gasteiger partial charge in [-0.25, -0.2) is 0 Å². The molecule has 0 saturated carbocycles. The lowest BCUT2D eigenvalue weighted by atomic mass is 9.98. The van der Waals surface area contributed by atoms with E-state index in [0.717, 1.165) is 17.7 Å². The molecule has 0 aromatic heterocycles. The molecule has 86 valence electrons. The highest BCUT2D eigenvalue weighted by Crippen LogP contribution is 2.37. The molecule has 0 amide bonds. The van der Waals surface area contributed by atoms with Crippen LogP contribution in [0.2, 0.25) is 0 Å². The maximum Gasteiger partial charge on any atom is 0.416 e. The second-order valence-corrected chi connectivity index (χ2v) is 3.60. The van der Waals surface area contributed by atoms with Crippen LogP contribution < -0.4 is 4.74 Å². The maximum absolute atomic E-state index is 12.5. The van der Waals surface area contributed by atoms with Crippen molar-refractivity contribution in [1.29, 1.82) is 0 Å². The Morgan fingerprint density at radius 3 is 2.69 bits per heavy atom. The summed E-state index contributed by atoms with van der Waals surface area (Å²) in [5, 5.41) is 0. The fourth-order valence-electron chi connectivity index (χ4n) is 1.76. The second kappa shape index (κ2) is 3.85. The number of ether oxygens (including phenoxy) is 1. The van der Waals surface area contributed by atoms with Crippen molar-refractivity contribution in [2.75, 3.05) is 6.61 Å². The van der Waals surface area contributed by atoms with Crippen molar-refractivity contribution in [3.05, 3.63) is 35.4 Å². The van der Waals surface area contributed by atoms with Gasteiger partial charge in [-0.2, -0.15) is 13.2 Å². The summed E-state index contributed by atoms with van der Waals surface area (Å²) in [5.41, 5.74) is 0.840. The zero-order valence-corrected chi connectivity index (χ0v) is 8.77. The summed E-state index contributed by atoms with van der Waals surface area (Å²) in [7, 11) is 0. The van der Waals surface area contributed by atoms with Gasteiger partial charge >= 0.3 is 6.18 Å². The molecule has 0 fully saturated rings. The topological polar surface area (TPSA) is 9.23 Å². The summed E-state index contributed by atoms with van der Waals surface area (Å²) < 4.78 is 42.9. The number of halogens is 3. The van der Waals surface area contributed by atoms with Gasteiger partial charge in [-0.15, -0.1) is 0 Å². The van der Waals surface area contributed by atoms with Crippen LogP contribution in [0.15, 0.2) is 24.3 Å². The van der Waals surface area contributed by atoms with Crippen LogP contribution in [0.5, 0.6) is 5.75 Å². The quantitative estimate of drug-likeness (QED) is 0.708. The van der Waals surface area contributed by atoms with E-state index in [1.165, 1.54) is 6.07 Å². The Morgan fingerprint density at radius 2 is 2.06 bits per heavy atom. The standard InChI is InChI=1S/C12H11F3O/c1-2-8-5-6-16-11-4-3-9(7-10(8)11)12(13,14)15/h3-5,7H,2,6H2,1H3. The van der Waals surface area contributed by atoms with E-state index in [-0.39, 0.29) is 0 Å². The molecule has 0 bridgehead atoms. The Bertz CT molecular complexity index is 432. The molecule has 0 saturated heterocycles. The second-order valence-electron chi connectivity index (χ2n) is 3.60. The molecule has 4 heteroatoms. The number of fused-ring (bicyclic) bond motifs is 1. The summed E-state index contributed by atoms with van der Waals surface area (Å²) in [6, 6.07) is 3.60. The van der Waals surface area contributed by atoms with Gasteiger partial charge in [-0.1, -0.05) is 6.92 Å². The van der Waals surface area contributed by atoms with Gasteiger partial charge < -0.3 is 4.74 Å². The van der Waals surface area contributed by atoms with Gasteiger partial charge in [-0.3, -0.25) is 0 Å². The smallest absolute Gasteiger partial charge is 0.416 e. The molecule has 0 N–H and O–H groups in total. The minimum Gasteiger partial charge on any atom is -0.489 e. The molecule has 0 aliphatic carbocycles. The van der Waals surface area contributed by atoms with Crippen LogP contribution in [0, 0.1) is 0 Å². The van der Waals surface area contributed by atoms with Crippen molar-refractivity contribution < 1.29 is 17.9 Å². The van der Waals surface area contributed by atoms with E-state index in [0.29, 0.717) is 24.3 Å². The van der Waals surface area contributed by atoms with E-state index >= 15 is 0 Å². The first kappa shape index (κ1) is 11.0. The maximum atomic E-state index is 12.5. The highest BCUT2D eigenvalue weighted by Gasteiger charge is 2.31. The fraction of sp³-hybridized carbons (Fsp3) is 0.333. The summed E-state index contributed by atoms with van der Waals surface area (Å²) in [6.45, 7) is 2.35. The number of rotatable bonds is 1. The molecule has 1 aromatic rings. The first-order valence-electron chi connectivity index (χ1n) is 5.06. The molecule has 1 aliphatic heterocycles. The number of alkyl halides is 3. The van der Waals surface area contributed by atoms with Gasteiger partial charge in [0.25, 0.3) is 0 Å². The molecular formula is C12H11F3O. The zero-order valence-electron chi connectivity index (χ0n) is 8.77. The first-order valence-corrected chi connectivity index (χ1v) is 5.06. The fourth-order valence-corrected chi connectivity index (χ4v) is 1.76. The summed E-state index contributed by atoms with van der Waals surface area (Å²) in [4.78, 5) is 0.